The molecule has 1 saturated heterocycles. The summed E-state index contributed by atoms with van der Waals surface area (Å²) in [5, 5.41) is 9.44. The Morgan fingerprint density at radius 3 is 2.91 bits per heavy atom. The molecule has 0 bridgehead atoms. The minimum atomic E-state index is -0.228. The zero-order valence-corrected chi connectivity index (χ0v) is 7.08. The molecule has 2 atom stereocenters. The van der Waals surface area contributed by atoms with Gasteiger partial charge in [0.2, 0.25) is 0 Å². The van der Waals surface area contributed by atoms with E-state index in [2.05, 4.69) is 10.4 Å². The summed E-state index contributed by atoms with van der Waals surface area (Å²) in [4.78, 5) is 7.12. The number of aliphatic hydroxyl groups excluding tert-OH is 1. The number of hydrogen-bond acceptors (Lipinski definition) is 4. The van der Waals surface area contributed by atoms with Gasteiger partial charge in [-0.25, -0.2) is 5.48 Å². The molecule has 1 rings (SSSR count). The van der Waals surface area contributed by atoms with Gasteiger partial charge in [0.15, 0.2) is 0 Å². The lowest BCUT2D eigenvalue weighted by atomic mass is 10.2. The van der Waals surface area contributed by atoms with Crippen LogP contribution in [0.15, 0.2) is 0 Å². The predicted molar refractivity (Wildman–Crippen MR) is 42.1 cm³/mol. The maximum absolute atomic E-state index is 9.44. The third-order valence-corrected chi connectivity index (χ3v) is 2.19. The smallest absolute Gasteiger partial charge is 0.0862 e. The number of hydroxylamine groups is 1. The molecule has 1 heterocycles. The van der Waals surface area contributed by atoms with E-state index >= 15 is 0 Å². The Labute approximate surface area is 67.1 Å². The van der Waals surface area contributed by atoms with Gasteiger partial charge in [0.25, 0.3) is 0 Å². The van der Waals surface area contributed by atoms with Crippen LogP contribution in [0.3, 0.4) is 0 Å². The van der Waals surface area contributed by atoms with E-state index in [1.165, 1.54) is 0 Å². The van der Waals surface area contributed by atoms with Crippen LogP contribution in [-0.2, 0) is 4.84 Å². The van der Waals surface area contributed by atoms with Gasteiger partial charge in [-0.3, -0.25) is 4.90 Å². The Morgan fingerprint density at radius 1 is 1.73 bits per heavy atom. The lowest BCUT2D eigenvalue weighted by Crippen LogP contribution is -2.37. The highest BCUT2D eigenvalue weighted by molar-refractivity contribution is 4.84. The Bertz CT molecular complexity index is 111. The summed E-state index contributed by atoms with van der Waals surface area (Å²) in [5.41, 5.74) is 2.60. The Morgan fingerprint density at radius 2 is 2.45 bits per heavy atom. The first-order valence-electron chi connectivity index (χ1n) is 3.92. The molecule has 0 radical (unpaired) electrons. The number of hydrogen-bond donors (Lipinski definition) is 2. The van der Waals surface area contributed by atoms with Crippen molar-refractivity contribution in [3.63, 3.8) is 0 Å². The average Bonchev–Trinajstić information content (AvgIpc) is 2.29. The molecule has 4 heteroatoms. The lowest BCUT2D eigenvalue weighted by Gasteiger charge is -2.20. The Hall–Kier alpha value is -0.160. The summed E-state index contributed by atoms with van der Waals surface area (Å²) >= 11 is 0. The maximum atomic E-state index is 9.44. The number of nitrogens with one attached hydrogen (secondary N) is 1. The molecule has 0 amide bonds. The van der Waals surface area contributed by atoms with Crippen molar-refractivity contribution in [2.75, 3.05) is 27.2 Å². The second-order valence-electron chi connectivity index (χ2n) is 2.92. The number of nitrogens with zero attached hydrogens (tertiary/aromatic N) is 1. The van der Waals surface area contributed by atoms with Gasteiger partial charge in [0, 0.05) is 13.6 Å². The SMILES string of the molecule is CNOCC1C(O)CCN1C. The molecule has 4 nitrogen and oxygen atoms in total. The lowest BCUT2D eigenvalue weighted by molar-refractivity contribution is -0.00386. The number of likely N-dealkylation sites (N-methyl/N-ethyl adjacent to an activating group) is 1. The second kappa shape index (κ2) is 4.01. The first kappa shape index (κ1) is 8.93. The fourth-order valence-electron chi connectivity index (χ4n) is 1.39. The molecule has 0 spiro atoms. The van der Waals surface area contributed by atoms with Crippen molar-refractivity contribution < 1.29 is 9.94 Å². The molecular weight excluding hydrogens is 144 g/mol. The Kier molecular flexibility index (Phi) is 3.26. The highest BCUT2D eigenvalue weighted by atomic mass is 16.6. The van der Waals surface area contributed by atoms with Gasteiger partial charge < -0.3 is 9.94 Å². The zero-order valence-electron chi connectivity index (χ0n) is 7.08. The third kappa shape index (κ3) is 2.13. The van der Waals surface area contributed by atoms with E-state index in [0.29, 0.717) is 6.61 Å². The highest BCUT2D eigenvalue weighted by Gasteiger charge is 2.29. The molecule has 66 valence electrons. The fourth-order valence-corrected chi connectivity index (χ4v) is 1.39. The van der Waals surface area contributed by atoms with Gasteiger partial charge in [-0.05, 0) is 13.5 Å². The van der Waals surface area contributed by atoms with Crippen LogP contribution >= 0.6 is 0 Å². The highest BCUT2D eigenvalue weighted by Crippen LogP contribution is 2.15. The molecule has 0 aliphatic carbocycles. The van der Waals surface area contributed by atoms with Crippen molar-refractivity contribution >= 4 is 0 Å². The minimum absolute atomic E-state index is 0.155. The summed E-state index contributed by atoms with van der Waals surface area (Å²) in [7, 11) is 3.72. The Balaban J connectivity index is 2.29. The van der Waals surface area contributed by atoms with E-state index in [-0.39, 0.29) is 12.1 Å². The first-order valence-corrected chi connectivity index (χ1v) is 3.92. The van der Waals surface area contributed by atoms with Crippen molar-refractivity contribution in [3.8, 4) is 0 Å². The van der Waals surface area contributed by atoms with Crippen LogP contribution in [0, 0.1) is 0 Å². The molecule has 1 aliphatic rings. The van der Waals surface area contributed by atoms with Crippen LogP contribution in [-0.4, -0.2) is 49.4 Å². The number of aliphatic hydroxyl groups is 1. The van der Waals surface area contributed by atoms with Crippen LogP contribution in [0.25, 0.3) is 0 Å². The fraction of sp³-hybridized carbons (Fsp3) is 1.00. The zero-order chi connectivity index (χ0) is 8.27. The van der Waals surface area contributed by atoms with Crippen LogP contribution in [0.4, 0.5) is 0 Å². The van der Waals surface area contributed by atoms with Crippen molar-refractivity contribution in [2.24, 2.45) is 0 Å². The largest absolute Gasteiger partial charge is 0.391 e. The number of likely N-dealkylation sites (tertiary alicyclic amines) is 1. The molecule has 11 heavy (non-hydrogen) atoms. The van der Waals surface area contributed by atoms with Crippen molar-refractivity contribution in [1.82, 2.24) is 10.4 Å². The normalized spacial score (nSPS) is 33.0. The van der Waals surface area contributed by atoms with E-state index in [1.54, 1.807) is 7.05 Å². The minimum Gasteiger partial charge on any atom is -0.391 e. The molecule has 2 unspecified atom stereocenters. The van der Waals surface area contributed by atoms with Crippen LogP contribution in [0.2, 0.25) is 0 Å². The number of rotatable bonds is 3. The van der Waals surface area contributed by atoms with Gasteiger partial charge in [-0.1, -0.05) is 0 Å². The van der Waals surface area contributed by atoms with Crippen molar-refractivity contribution in [1.29, 1.82) is 0 Å². The van der Waals surface area contributed by atoms with Gasteiger partial charge in [-0.2, -0.15) is 0 Å². The molecule has 0 aromatic heterocycles. The topological polar surface area (TPSA) is 44.7 Å². The monoisotopic (exact) mass is 160 g/mol. The summed E-state index contributed by atoms with van der Waals surface area (Å²) in [5.74, 6) is 0. The maximum Gasteiger partial charge on any atom is 0.0862 e. The summed E-state index contributed by atoms with van der Waals surface area (Å²) in [6.45, 7) is 1.51. The summed E-state index contributed by atoms with van der Waals surface area (Å²) in [6.07, 6.45) is 0.627. The molecule has 0 saturated carbocycles. The molecular formula is C7H16N2O2. The van der Waals surface area contributed by atoms with E-state index in [1.807, 2.05) is 7.05 Å². The van der Waals surface area contributed by atoms with Gasteiger partial charge >= 0.3 is 0 Å². The predicted octanol–water partition coefficient (Wildman–Crippen LogP) is -0.798. The van der Waals surface area contributed by atoms with Crippen molar-refractivity contribution in [2.45, 2.75) is 18.6 Å². The van der Waals surface area contributed by atoms with Crippen LogP contribution < -0.4 is 5.48 Å². The quantitative estimate of drug-likeness (QED) is 0.531. The van der Waals surface area contributed by atoms with Gasteiger partial charge in [0.05, 0.1) is 18.8 Å². The van der Waals surface area contributed by atoms with Crippen LogP contribution in [0.5, 0.6) is 0 Å². The van der Waals surface area contributed by atoms with E-state index in [4.69, 9.17) is 4.84 Å². The van der Waals surface area contributed by atoms with Crippen LogP contribution in [0.1, 0.15) is 6.42 Å². The summed E-state index contributed by atoms with van der Waals surface area (Å²) < 4.78 is 0. The van der Waals surface area contributed by atoms with E-state index in [0.717, 1.165) is 13.0 Å². The van der Waals surface area contributed by atoms with E-state index < -0.39 is 0 Å². The molecule has 0 aromatic rings. The van der Waals surface area contributed by atoms with E-state index in [9.17, 15) is 5.11 Å². The molecule has 1 fully saturated rings. The second-order valence-corrected chi connectivity index (χ2v) is 2.92. The third-order valence-electron chi connectivity index (χ3n) is 2.19. The van der Waals surface area contributed by atoms with Crippen molar-refractivity contribution in [3.05, 3.63) is 0 Å². The molecule has 2 N–H and O–H groups in total. The average molecular weight is 160 g/mol. The van der Waals surface area contributed by atoms with Gasteiger partial charge in [0.1, 0.15) is 0 Å². The standard InChI is InChI=1S/C7H16N2O2/c1-8-11-5-6-7(10)3-4-9(6)2/h6-8,10H,3-5H2,1-2H3. The summed E-state index contributed by atoms with van der Waals surface area (Å²) in [6, 6.07) is 0.155. The van der Waals surface area contributed by atoms with Gasteiger partial charge in [-0.15, -0.1) is 0 Å². The first-order chi connectivity index (χ1) is 5.25. The molecule has 1 aliphatic heterocycles. The molecule has 0 aromatic carbocycles.